The van der Waals surface area contributed by atoms with Crippen molar-refractivity contribution in [1.29, 1.82) is 0 Å². The predicted octanol–water partition coefficient (Wildman–Crippen LogP) is 13.6. The zero-order chi connectivity index (χ0) is 33.5. The smallest absolute Gasteiger partial charge is 0.143 e. The third kappa shape index (κ3) is 4.19. The Morgan fingerprint density at radius 2 is 0.941 bits per heavy atom. The number of para-hydroxylation sites is 3. The van der Waals surface area contributed by atoms with E-state index in [4.69, 9.17) is 4.42 Å². The maximum Gasteiger partial charge on any atom is 0.143 e. The molecule has 0 amide bonds. The quantitative estimate of drug-likeness (QED) is 0.177. The second kappa shape index (κ2) is 10.8. The van der Waals surface area contributed by atoms with Crippen LogP contribution in [-0.2, 0) is 0 Å². The van der Waals surface area contributed by atoms with Crippen LogP contribution in [0.4, 0.5) is 17.1 Å². The Balaban J connectivity index is 1.14. The van der Waals surface area contributed by atoms with Crippen LogP contribution in [0.1, 0.15) is 0 Å². The van der Waals surface area contributed by atoms with Crippen LogP contribution in [0.5, 0.6) is 0 Å². The maximum absolute atomic E-state index is 6.52. The number of rotatable bonds is 4. The van der Waals surface area contributed by atoms with Gasteiger partial charge in [-0.3, -0.25) is 0 Å². The van der Waals surface area contributed by atoms with Crippen LogP contribution >= 0.6 is 0 Å². The highest BCUT2D eigenvalue weighted by molar-refractivity contribution is 6.18. The van der Waals surface area contributed by atoms with E-state index in [2.05, 4.69) is 185 Å². The Morgan fingerprint density at radius 1 is 0.373 bits per heavy atom. The summed E-state index contributed by atoms with van der Waals surface area (Å²) in [5, 5.41) is 12.0. The van der Waals surface area contributed by atoms with Gasteiger partial charge in [0.1, 0.15) is 11.2 Å². The van der Waals surface area contributed by atoms with Crippen molar-refractivity contribution in [3.63, 3.8) is 0 Å². The molecule has 0 aliphatic rings. The standard InChI is InChI=1S/C48H30N2O/c1-2-11-36-31(10-1)20-21-32-30-35(26-27-37(32)36)49(44-18-9-15-42-40(44)28-29-43-41-14-5-8-19-47(41)51-48(42)43)33-22-24-34(25-23-33)50-45-16-6-3-12-38(45)39-13-4-7-17-46(39)50/h1-30H. The van der Waals surface area contributed by atoms with E-state index in [0.29, 0.717) is 0 Å². The Bertz CT molecular complexity index is 3090. The fourth-order valence-electron chi connectivity index (χ4n) is 8.24. The third-order valence-corrected chi connectivity index (χ3v) is 10.6. The number of hydrogen-bond donors (Lipinski definition) is 0. The lowest BCUT2D eigenvalue weighted by Gasteiger charge is -2.27. The van der Waals surface area contributed by atoms with Crippen molar-refractivity contribution in [2.75, 3.05) is 4.90 Å². The number of furan rings is 1. The van der Waals surface area contributed by atoms with E-state index in [1.807, 2.05) is 6.07 Å². The molecule has 0 atom stereocenters. The molecule has 2 aromatic heterocycles. The molecule has 0 fully saturated rings. The van der Waals surface area contributed by atoms with Gasteiger partial charge in [0.25, 0.3) is 0 Å². The lowest BCUT2D eigenvalue weighted by atomic mass is 10.00. The van der Waals surface area contributed by atoms with Crippen LogP contribution in [0, 0.1) is 0 Å². The molecule has 238 valence electrons. The highest BCUT2D eigenvalue weighted by atomic mass is 16.3. The fraction of sp³-hybridized carbons (Fsp3) is 0. The molecule has 0 aliphatic heterocycles. The van der Waals surface area contributed by atoms with Crippen LogP contribution in [0.3, 0.4) is 0 Å². The largest absolute Gasteiger partial charge is 0.455 e. The number of hydrogen-bond acceptors (Lipinski definition) is 2. The zero-order valence-electron chi connectivity index (χ0n) is 27.6. The van der Waals surface area contributed by atoms with Gasteiger partial charge in [-0.05, 0) is 88.3 Å². The number of nitrogens with zero attached hydrogens (tertiary/aromatic N) is 2. The molecule has 9 aromatic carbocycles. The van der Waals surface area contributed by atoms with Gasteiger partial charge in [0.05, 0.1) is 16.7 Å². The van der Waals surface area contributed by atoms with Crippen LogP contribution in [0.15, 0.2) is 186 Å². The summed E-state index contributed by atoms with van der Waals surface area (Å²) in [7, 11) is 0. The summed E-state index contributed by atoms with van der Waals surface area (Å²) in [6.07, 6.45) is 0. The van der Waals surface area contributed by atoms with Crippen LogP contribution < -0.4 is 4.90 Å². The maximum atomic E-state index is 6.52. The Morgan fingerprint density at radius 3 is 1.75 bits per heavy atom. The molecule has 0 saturated carbocycles. The molecular formula is C48H30N2O. The van der Waals surface area contributed by atoms with Crippen LogP contribution in [-0.4, -0.2) is 4.57 Å². The molecule has 0 bridgehead atoms. The van der Waals surface area contributed by atoms with E-state index >= 15 is 0 Å². The molecule has 11 aromatic rings. The summed E-state index contributed by atoms with van der Waals surface area (Å²) in [6.45, 7) is 0. The van der Waals surface area contributed by atoms with Crippen molar-refractivity contribution in [1.82, 2.24) is 4.57 Å². The van der Waals surface area contributed by atoms with Gasteiger partial charge in [-0.15, -0.1) is 0 Å². The van der Waals surface area contributed by atoms with Crippen molar-refractivity contribution < 1.29 is 4.42 Å². The van der Waals surface area contributed by atoms with E-state index in [9.17, 15) is 0 Å². The van der Waals surface area contributed by atoms with Gasteiger partial charge in [-0.25, -0.2) is 0 Å². The Kier molecular flexibility index (Phi) is 5.96. The number of anilines is 3. The topological polar surface area (TPSA) is 21.3 Å². The molecule has 0 unspecified atom stereocenters. The molecule has 0 spiro atoms. The van der Waals surface area contributed by atoms with Crippen molar-refractivity contribution in [2.24, 2.45) is 0 Å². The van der Waals surface area contributed by atoms with E-state index in [1.165, 1.54) is 43.4 Å². The molecule has 2 heterocycles. The van der Waals surface area contributed by atoms with Gasteiger partial charge >= 0.3 is 0 Å². The summed E-state index contributed by atoms with van der Waals surface area (Å²) < 4.78 is 8.89. The van der Waals surface area contributed by atoms with Gasteiger partial charge < -0.3 is 13.9 Å². The molecule has 0 N–H and O–H groups in total. The SMILES string of the molecule is c1ccc2c(c1)ccc1cc(N(c3ccc(-n4c5ccccc5c5ccccc54)cc3)c3cccc4c3ccc3c5ccccc5oc43)ccc12. The summed E-state index contributed by atoms with van der Waals surface area (Å²) in [4.78, 5) is 2.39. The van der Waals surface area contributed by atoms with Gasteiger partial charge in [0.15, 0.2) is 0 Å². The molecule has 51 heavy (non-hydrogen) atoms. The first kappa shape index (κ1) is 28.0. The van der Waals surface area contributed by atoms with Crippen molar-refractivity contribution in [3.8, 4) is 5.69 Å². The summed E-state index contributed by atoms with van der Waals surface area (Å²) in [5.41, 5.74) is 8.63. The second-order valence-corrected chi connectivity index (χ2v) is 13.3. The van der Waals surface area contributed by atoms with Gasteiger partial charge in [-0.1, -0.05) is 115 Å². The monoisotopic (exact) mass is 650 g/mol. The Labute approximate surface area is 293 Å². The number of benzene rings is 9. The first-order chi connectivity index (χ1) is 25.3. The predicted molar refractivity (Wildman–Crippen MR) is 215 cm³/mol. The van der Waals surface area contributed by atoms with Gasteiger partial charge in [0, 0.05) is 49.4 Å². The third-order valence-electron chi connectivity index (χ3n) is 10.6. The summed E-state index contributed by atoms with van der Waals surface area (Å²) >= 11 is 0. The zero-order valence-corrected chi connectivity index (χ0v) is 27.6. The number of fused-ring (bicyclic) bond motifs is 11. The normalized spacial score (nSPS) is 11.9. The first-order valence-corrected chi connectivity index (χ1v) is 17.4. The van der Waals surface area contributed by atoms with Crippen molar-refractivity contribution in [3.05, 3.63) is 182 Å². The van der Waals surface area contributed by atoms with Gasteiger partial charge in [0.2, 0.25) is 0 Å². The molecule has 0 saturated heterocycles. The van der Waals surface area contributed by atoms with Crippen LogP contribution in [0.25, 0.3) is 81.7 Å². The summed E-state index contributed by atoms with van der Waals surface area (Å²) in [5.74, 6) is 0. The van der Waals surface area contributed by atoms with E-state index < -0.39 is 0 Å². The Hall–Kier alpha value is -6.84. The number of aromatic nitrogens is 1. The average molecular weight is 651 g/mol. The minimum atomic E-state index is 0.907. The minimum absolute atomic E-state index is 0.907. The average Bonchev–Trinajstić information content (AvgIpc) is 3.75. The van der Waals surface area contributed by atoms with Crippen molar-refractivity contribution in [2.45, 2.75) is 0 Å². The highest BCUT2D eigenvalue weighted by Gasteiger charge is 2.20. The second-order valence-electron chi connectivity index (χ2n) is 13.3. The van der Waals surface area contributed by atoms with Crippen molar-refractivity contribution >= 4 is 93.1 Å². The minimum Gasteiger partial charge on any atom is -0.455 e. The molecule has 3 heteroatoms. The van der Waals surface area contributed by atoms with E-state index in [1.54, 1.807) is 0 Å². The van der Waals surface area contributed by atoms with E-state index in [0.717, 1.165) is 55.5 Å². The molecular weight excluding hydrogens is 621 g/mol. The lowest BCUT2D eigenvalue weighted by Crippen LogP contribution is -2.10. The van der Waals surface area contributed by atoms with Crippen LogP contribution in [0.2, 0.25) is 0 Å². The summed E-state index contributed by atoms with van der Waals surface area (Å²) in [6, 6.07) is 65.6. The molecule has 3 nitrogen and oxygen atoms in total. The highest BCUT2D eigenvalue weighted by Crippen LogP contribution is 2.44. The first-order valence-electron chi connectivity index (χ1n) is 17.4. The fourth-order valence-corrected chi connectivity index (χ4v) is 8.24. The molecule has 11 rings (SSSR count). The lowest BCUT2D eigenvalue weighted by molar-refractivity contribution is 0.672. The molecule has 0 radical (unpaired) electrons. The molecule has 0 aliphatic carbocycles. The van der Waals surface area contributed by atoms with E-state index in [-0.39, 0.29) is 0 Å². The van der Waals surface area contributed by atoms with Gasteiger partial charge in [-0.2, -0.15) is 0 Å².